The third kappa shape index (κ3) is 4.95. The molecule has 41 heavy (non-hydrogen) atoms. The Morgan fingerprint density at radius 3 is 1.17 bits per heavy atom. The van der Waals surface area contributed by atoms with Gasteiger partial charge in [-0.1, -0.05) is 86.6 Å². The quantitative estimate of drug-likeness (QED) is 0.211. The topological polar surface area (TPSA) is 18.5 Å². The normalized spacial score (nSPS) is 11.7. The molecule has 0 saturated heterocycles. The van der Waals surface area contributed by atoms with Crippen LogP contribution in [0.5, 0.6) is 23.0 Å². The third-order valence-corrected chi connectivity index (χ3v) is 8.44. The summed E-state index contributed by atoms with van der Waals surface area (Å²) in [5, 5.41) is 4.82. The molecule has 0 heterocycles. The minimum atomic E-state index is -0.182. The summed E-state index contributed by atoms with van der Waals surface area (Å²) in [5.41, 5.74) is 7.33. The Labute approximate surface area is 243 Å². The molecule has 0 aliphatic heterocycles. The second kappa shape index (κ2) is 10.4. The number of hydrogen-bond donors (Lipinski definition) is 0. The van der Waals surface area contributed by atoms with E-state index in [1.54, 1.807) is 0 Å². The van der Waals surface area contributed by atoms with E-state index in [0.717, 1.165) is 33.8 Å². The zero-order valence-electron chi connectivity index (χ0n) is 24.7. The van der Waals surface area contributed by atoms with E-state index in [1.165, 1.54) is 44.2 Å². The number of fused-ring (bicyclic) bond motifs is 2. The number of aryl methyl sites for hydroxylation is 4. The van der Waals surface area contributed by atoms with Gasteiger partial charge in [-0.2, -0.15) is 0 Å². The second-order valence-corrected chi connectivity index (χ2v) is 11.6. The Hall–Kier alpha value is -4.56. The highest BCUT2D eigenvalue weighted by atomic mass is 16.5. The van der Waals surface area contributed by atoms with Crippen LogP contribution in [0.15, 0.2) is 109 Å². The molecule has 6 aromatic rings. The van der Waals surface area contributed by atoms with Crippen LogP contribution in [0.2, 0.25) is 0 Å². The molecular formula is C39H36O2. The maximum atomic E-state index is 6.38. The molecule has 0 aliphatic carbocycles. The SMILES string of the molecule is Cc1cccc2c(Oc3ccc(C(C)(C)c4ccc(Oc5ccc(C)c6c(C)cccc56)cc4)cc3)ccc(C)c12. The highest BCUT2D eigenvalue weighted by Crippen LogP contribution is 2.38. The molecule has 0 unspecified atom stereocenters. The predicted octanol–water partition coefficient (Wildman–Crippen LogP) is 11.1. The van der Waals surface area contributed by atoms with Crippen LogP contribution in [0.25, 0.3) is 21.5 Å². The van der Waals surface area contributed by atoms with Gasteiger partial charge in [0.15, 0.2) is 0 Å². The van der Waals surface area contributed by atoms with Crippen LogP contribution in [0, 0.1) is 27.7 Å². The molecule has 0 aromatic heterocycles. The van der Waals surface area contributed by atoms with Crippen molar-refractivity contribution >= 4 is 21.5 Å². The van der Waals surface area contributed by atoms with E-state index in [1.807, 2.05) is 0 Å². The largest absolute Gasteiger partial charge is 0.457 e. The minimum Gasteiger partial charge on any atom is -0.457 e. The molecule has 0 saturated carbocycles. The molecule has 0 bridgehead atoms. The second-order valence-electron chi connectivity index (χ2n) is 11.6. The van der Waals surface area contributed by atoms with Gasteiger partial charge < -0.3 is 9.47 Å². The van der Waals surface area contributed by atoms with Gasteiger partial charge in [0, 0.05) is 16.2 Å². The molecule has 2 nitrogen and oxygen atoms in total. The van der Waals surface area contributed by atoms with Crippen molar-refractivity contribution in [1.29, 1.82) is 0 Å². The average molecular weight is 537 g/mol. The Kier molecular flexibility index (Phi) is 6.79. The molecule has 6 aromatic carbocycles. The zero-order chi connectivity index (χ0) is 28.7. The van der Waals surface area contributed by atoms with Crippen LogP contribution in [0.1, 0.15) is 47.2 Å². The lowest BCUT2D eigenvalue weighted by Crippen LogP contribution is -2.18. The van der Waals surface area contributed by atoms with Gasteiger partial charge in [0.1, 0.15) is 23.0 Å². The summed E-state index contributed by atoms with van der Waals surface area (Å²) in [6, 6.07) is 38.1. The van der Waals surface area contributed by atoms with Crippen LogP contribution >= 0.6 is 0 Å². The molecule has 0 fully saturated rings. The summed E-state index contributed by atoms with van der Waals surface area (Å²) in [6.45, 7) is 13.1. The molecule has 204 valence electrons. The molecule has 6 rings (SSSR count). The lowest BCUT2D eigenvalue weighted by atomic mass is 9.78. The smallest absolute Gasteiger partial charge is 0.135 e. The average Bonchev–Trinajstić information content (AvgIpc) is 2.97. The highest BCUT2D eigenvalue weighted by molar-refractivity contribution is 5.94. The molecule has 0 amide bonds. The number of benzene rings is 6. The maximum Gasteiger partial charge on any atom is 0.135 e. The molecule has 0 atom stereocenters. The van der Waals surface area contributed by atoms with Gasteiger partial charge in [-0.05, 0) is 108 Å². The molecule has 0 N–H and O–H groups in total. The van der Waals surface area contributed by atoms with E-state index < -0.39 is 0 Å². The van der Waals surface area contributed by atoms with Crippen molar-refractivity contribution in [3.05, 3.63) is 143 Å². The fourth-order valence-corrected chi connectivity index (χ4v) is 6.02. The molecule has 0 radical (unpaired) electrons. The van der Waals surface area contributed by atoms with Gasteiger partial charge >= 0.3 is 0 Å². The van der Waals surface area contributed by atoms with E-state index in [9.17, 15) is 0 Å². The predicted molar refractivity (Wildman–Crippen MR) is 172 cm³/mol. The summed E-state index contributed by atoms with van der Waals surface area (Å²) in [6.07, 6.45) is 0. The summed E-state index contributed by atoms with van der Waals surface area (Å²) in [5.74, 6) is 3.43. The van der Waals surface area contributed by atoms with Crippen molar-refractivity contribution in [3.63, 3.8) is 0 Å². The van der Waals surface area contributed by atoms with Crippen LogP contribution in [-0.4, -0.2) is 0 Å². The number of hydrogen-bond acceptors (Lipinski definition) is 2. The van der Waals surface area contributed by atoms with Crippen LogP contribution in [0.4, 0.5) is 0 Å². The maximum absolute atomic E-state index is 6.38. The van der Waals surface area contributed by atoms with Crippen LogP contribution < -0.4 is 9.47 Å². The van der Waals surface area contributed by atoms with Gasteiger partial charge in [0.05, 0.1) is 0 Å². The number of ether oxygens (including phenoxy) is 2. The van der Waals surface area contributed by atoms with E-state index in [2.05, 4.69) is 151 Å². The van der Waals surface area contributed by atoms with Gasteiger partial charge in [0.25, 0.3) is 0 Å². The summed E-state index contributed by atoms with van der Waals surface area (Å²) >= 11 is 0. The summed E-state index contributed by atoms with van der Waals surface area (Å²) in [4.78, 5) is 0. The van der Waals surface area contributed by atoms with Gasteiger partial charge in [0.2, 0.25) is 0 Å². The first-order valence-electron chi connectivity index (χ1n) is 14.3. The molecular weight excluding hydrogens is 500 g/mol. The van der Waals surface area contributed by atoms with Crippen molar-refractivity contribution in [2.24, 2.45) is 0 Å². The van der Waals surface area contributed by atoms with Crippen LogP contribution in [0.3, 0.4) is 0 Å². The minimum absolute atomic E-state index is 0.182. The third-order valence-electron chi connectivity index (χ3n) is 8.44. The van der Waals surface area contributed by atoms with E-state index >= 15 is 0 Å². The summed E-state index contributed by atoms with van der Waals surface area (Å²) in [7, 11) is 0. The van der Waals surface area contributed by atoms with Gasteiger partial charge in [-0.25, -0.2) is 0 Å². The van der Waals surface area contributed by atoms with E-state index in [-0.39, 0.29) is 5.41 Å². The number of rotatable bonds is 6. The van der Waals surface area contributed by atoms with Gasteiger partial charge in [-0.3, -0.25) is 0 Å². The lowest BCUT2D eigenvalue weighted by molar-refractivity contribution is 0.486. The Morgan fingerprint density at radius 2 is 0.780 bits per heavy atom. The Morgan fingerprint density at radius 1 is 0.415 bits per heavy atom. The standard InChI is InChI=1S/C39H36O2/c1-25-9-7-11-33-35(23-13-27(3)37(25)33)40-31-19-15-29(16-20-31)39(5,6)30-17-21-32(22-18-30)41-36-24-14-28(4)38-26(2)10-8-12-34(36)38/h7-24H,1-6H3. The molecule has 0 spiro atoms. The zero-order valence-corrected chi connectivity index (χ0v) is 24.7. The first kappa shape index (κ1) is 26.7. The fourth-order valence-electron chi connectivity index (χ4n) is 6.02. The van der Waals surface area contributed by atoms with Crippen molar-refractivity contribution in [2.75, 3.05) is 0 Å². The molecule has 0 aliphatic rings. The van der Waals surface area contributed by atoms with E-state index in [4.69, 9.17) is 9.47 Å². The van der Waals surface area contributed by atoms with Gasteiger partial charge in [-0.15, -0.1) is 0 Å². The fraction of sp³-hybridized carbons (Fsp3) is 0.179. The first-order chi connectivity index (χ1) is 19.7. The highest BCUT2D eigenvalue weighted by Gasteiger charge is 2.23. The van der Waals surface area contributed by atoms with Crippen molar-refractivity contribution in [3.8, 4) is 23.0 Å². The first-order valence-corrected chi connectivity index (χ1v) is 14.3. The molecule has 2 heteroatoms. The van der Waals surface area contributed by atoms with Crippen molar-refractivity contribution < 1.29 is 9.47 Å². The van der Waals surface area contributed by atoms with Crippen LogP contribution in [-0.2, 0) is 5.41 Å². The van der Waals surface area contributed by atoms with Crippen molar-refractivity contribution in [1.82, 2.24) is 0 Å². The van der Waals surface area contributed by atoms with Crippen molar-refractivity contribution in [2.45, 2.75) is 47.0 Å². The summed E-state index contributed by atoms with van der Waals surface area (Å²) < 4.78 is 12.8. The van der Waals surface area contributed by atoms with E-state index in [0.29, 0.717) is 0 Å². The lowest BCUT2D eigenvalue weighted by Gasteiger charge is -2.26. The monoisotopic (exact) mass is 536 g/mol. The Balaban J connectivity index is 1.22. The Bertz CT molecular complexity index is 1720.